The second kappa shape index (κ2) is 14.4. The van der Waals surface area contributed by atoms with E-state index in [0.29, 0.717) is 19.0 Å². The monoisotopic (exact) mass is 481 g/mol. The van der Waals surface area contributed by atoms with Gasteiger partial charge in [0.25, 0.3) is 0 Å². The molecule has 0 heterocycles. The van der Waals surface area contributed by atoms with E-state index in [1.807, 2.05) is 12.1 Å². The van der Waals surface area contributed by atoms with Crippen molar-refractivity contribution < 1.29 is 14.2 Å². The molecule has 0 aliphatic rings. The van der Waals surface area contributed by atoms with E-state index in [4.69, 9.17) is 20.9 Å². The molecule has 4 nitrogen and oxygen atoms in total. The largest absolute Gasteiger partial charge is 0.391 e. The fraction of sp³-hybridized carbons (Fsp3) is 0.500. The molecule has 0 aliphatic heterocycles. The third-order valence-corrected chi connectivity index (χ3v) is 10.3. The van der Waals surface area contributed by atoms with Gasteiger partial charge in [-0.1, -0.05) is 85.9 Å². The van der Waals surface area contributed by atoms with Crippen molar-refractivity contribution in [2.24, 2.45) is 0 Å². The molecule has 1 N–H and O–H groups in total. The van der Waals surface area contributed by atoms with Crippen LogP contribution in [0.1, 0.15) is 44.7 Å². The molecule has 7 heteroatoms. The molecule has 2 rings (SSSR count). The van der Waals surface area contributed by atoms with Crippen molar-refractivity contribution >= 4 is 28.9 Å². The summed E-state index contributed by atoms with van der Waals surface area (Å²) < 4.78 is 11.8. The SMILES string of the molecule is CCCOP(=S)(OCCC)SC[C@@H](O)[C@H](C)N(Cc1ccccc1)Cc1ccccc1. The minimum atomic E-state index is -2.44. The molecule has 0 radical (unpaired) electrons. The van der Waals surface area contributed by atoms with Gasteiger partial charge >= 0.3 is 0 Å². The molecule has 0 unspecified atom stereocenters. The van der Waals surface area contributed by atoms with Crippen LogP contribution in [0.15, 0.2) is 60.7 Å². The maximum atomic E-state index is 11.1. The van der Waals surface area contributed by atoms with Gasteiger partial charge in [0.15, 0.2) is 0 Å². The second-order valence-corrected chi connectivity index (χ2v) is 13.9. The first-order valence-electron chi connectivity index (χ1n) is 11.0. The predicted octanol–water partition coefficient (Wildman–Crippen LogP) is 6.25. The molecule has 2 atom stereocenters. The molecule has 0 aliphatic carbocycles. The van der Waals surface area contributed by atoms with E-state index >= 15 is 0 Å². The quantitative estimate of drug-likeness (QED) is 0.303. The second-order valence-electron chi connectivity index (χ2n) is 7.59. The average molecular weight is 482 g/mol. The highest BCUT2D eigenvalue weighted by atomic mass is 32.9. The highest BCUT2D eigenvalue weighted by Crippen LogP contribution is 2.61. The zero-order valence-electron chi connectivity index (χ0n) is 18.9. The number of hydrogen-bond donors (Lipinski definition) is 1. The first-order valence-corrected chi connectivity index (χ1v) is 15.2. The summed E-state index contributed by atoms with van der Waals surface area (Å²) in [6, 6.07) is 20.7. The smallest absolute Gasteiger partial charge is 0.247 e. The predicted molar refractivity (Wildman–Crippen MR) is 137 cm³/mol. The summed E-state index contributed by atoms with van der Waals surface area (Å²) in [5.41, 5.74) is 0.0212. The van der Waals surface area contributed by atoms with Gasteiger partial charge in [0.2, 0.25) is 5.69 Å². The molecule has 0 amide bonds. The van der Waals surface area contributed by atoms with Gasteiger partial charge in [-0.25, -0.2) is 0 Å². The Balaban J connectivity index is 2.06. The molecule has 0 bridgehead atoms. The van der Waals surface area contributed by atoms with Crippen molar-refractivity contribution in [3.63, 3.8) is 0 Å². The van der Waals surface area contributed by atoms with Crippen LogP contribution < -0.4 is 0 Å². The summed E-state index contributed by atoms with van der Waals surface area (Å²) in [7, 11) is 0. The third-order valence-electron chi connectivity index (χ3n) is 4.90. The van der Waals surface area contributed by atoms with Crippen LogP contribution in [0.3, 0.4) is 0 Å². The summed E-state index contributed by atoms with van der Waals surface area (Å²) in [5, 5.41) is 11.1. The number of rotatable bonds is 15. The molecular formula is C24H36NO3PS2. The van der Waals surface area contributed by atoms with Crippen LogP contribution >= 0.6 is 17.1 Å². The van der Waals surface area contributed by atoms with Crippen molar-refractivity contribution in [1.82, 2.24) is 4.90 Å². The molecule has 2 aromatic carbocycles. The van der Waals surface area contributed by atoms with Crippen molar-refractivity contribution in [2.75, 3.05) is 19.0 Å². The standard InChI is InChI=1S/C24H36NO3PS2/c1-4-16-27-29(30,28-17-5-2)31-20-24(26)21(3)25(18-22-12-8-6-9-13-22)19-23-14-10-7-11-15-23/h6-15,21,24,26H,4-5,16-20H2,1-3H3/t21-,24+/m0/s1. The summed E-state index contributed by atoms with van der Waals surface area (Å²) in [6.45, 7) is 8.93. The van der Waals surface area contributed by atoms with Crippen LogP contribution in [-0.2, 0) is 33.9 Å². The molecule has 2 aromatic rings. The van der Waals surface area contributed by atoms with Gasteiger partial charge in [0.05, 0.1) is 19.3 Å². The molecule has 0 saturated carbocycles. The molecule has 0 fully saturated rings. The number of benzene rings is 2. The Bertz CT molecular complexity index is 725. The van der Waals surface area contributed by atoms with E-state index < -0.39 is 11.8 Å². The Morgan fingerprint density at radius 1 is 0.903 bits per heavy atom. The van der Waals surface area contributed by atoms with Crippen molar-refractivity contribution in [3.05, 3.63) is 71.8 Å². The molecule has 31 heavy (non-hydrogen) atoms. The topological polar surface area (TPSA) is 41.9 Å². The first kappa shape index (κ1) is 26.5. The molecule has 0 aromatic heterocycles. The van der Waals surface area contributed by atoms with Gasteiger partial charge in [-0.05, 0) is 42.7 Å². The highest BCUT2D eigenvalue weighted by molar-refractivity contribution is 8.67. The Morgan fingerprint density at radius 3 is 1.77 bits per heavy atom. The Kier molecular flexibility index (Phi) is 12.4. The zero-order valence-corrected chi connectivity index (χ0v) is 21.4. The van der Waals surface area contributed by atoms with Gasteiger partial charge in [0.1, 0.15) is 0 Å². The average Bonchev–Trinajstić information content (AvgIpc) is 2.80. The van der Waals surface area contributed by atoms with Gasteiger partial charge in [-0.15, -0.1) is 0 Å². The minimum Gasteiger partial charge on any atom is -0.391 e. The lowest BCUT2D eigenvalue weighted by molar-refractivity contribution is 0.0639. The third kappa shape index (κ3) is 9.75. The summed E-state index contributed by atoms with van der Waals surface area (Å²) >= 11 is 7.19. The van der Waals surface area contributed by atoms with E-state index in [2.05, 4.69) is 74.2 Å². The lowest BCUT2D eigenvalue weighted by Crippen LogP contribution is -2.41. The van der Waals surface area contributed by atoms with Gasteiger partial charge < -0.3 is 14.2 Å². The van der Waals surface area contributed by atoms with Crippen molar-refractivity contribution in [2.45, 2.75) is 58.8 Å². The zero-order chi connectivity index (χ0) is 22.5. The first-order chi connectivity index (χ1) is 15.0. The Hall–Kier alpha value is -0.720. The molecule has 0 spiro atoms. The van der Waals surface area contributed by atoms with Gasteiger partial charge in [-0.2, -0.15) is 0 Å². The van der Waals surface area contributed by atoms with Crippen molar-refractivity contribution in [1.29, 1.82) is 0 Å². The van der Waals surface area contributed by atoms with Gasteiger partial charge in [0, 0.05) is 24.9 Å². The maximum absolute atomic E-state index is 11.1. The van der Waals surface area contributed by atoms with Crippen LogP contribution in [-0.4, -0.2) is 41.1 Å². The van der Waals surface area contributed by atoms with Crippen LogP contribution in [0.5, 0.6) is 0 Å². The van der Waals surface area contributed by atoms with E-state index in [0.717, 1.165) is 25.9 Å². The van der Waals surface area contributed by atoms with Gasteiger partial charge in [-0.3, -0.25) is 4.90 Å². The molecule has 0 saturated heterocycles. The van der Waals surface area contributed by atoms with E-state index in [1.54, 1.807) is 0 Å². The van der Waals surface area contributed by atoms with E-state index in [9.17, 15) is 5.11 Å². The normalized spacial score (nSPS) is 14.0. The van der Waals surface area contributed by atoms with E-state index in [1.165, 1.54) is 22.5 Å². The van der Waals surface area contributed by atoms with E-state index in [-0.39, 0.29) is 6.04 Å². The summed E-state index contributed by atoms with van der Waals surface area (Å²) in [6.07, 6.45) is 1.25. The van der Waals surface area contributed by atoms with Crippen LogP contribution in [0.4, 0.5) is 0 Å². The summed E-state index contributed by atoms with van der Waals surface area (Å²) in [4.78, 5) is 2.32. The molecule has 172 valence electrons. The number of hydrogen-bond acceptors (Lipinski definition) is 6. The highest BCUT2D eigenvalue weighted by Gasteiger charge is 2.27. The summed E-state index contributed by atoms with van der Waals surface area (Å²) in [5.74, 6) is 0.492. The van der Waals surface area contributed by atoms with Crippen molar-refractivity contribution in [3.8, 4) is 0 Å². The van der Waals surface area contributed by atoms with Crippen LogP contribution in [0, 0.1) is 0 Å². The Labute approximate surface area is 197 Å². The molecular weight excluding hydrogens is 445 g/mol. The number of aliphatic hydroxyl groups excluding tert-OH is 1. The maximum Gasteiger partial charge on any atom is 0.247 e. The number of nitrogens with zero attached hydrogens (tertiary/aromatic N) is 1. The Morgan fingerprint density at radius 2 is 1.35 bits per heavy atom. The van der Waals surface area contributed by atoms with Crippen LogP contribution in [0.2, 0.25) is 0 Å². The van der Waals surface area contributed by atoms with Crippen LogP contribution in [0.25, 0.3) is 0 Å². The lowest BCUT2D eigenvalue weighted by Gasteiger charge is -2.33. The lowest BCUT2D eigenvalue weighted by atomic mass is 10.1. The number of aliphatic hydroxyl groups is 1. The fourth-order valence-electron chi connectivity index (χ4n) is 3.05. The fourth-order valence-corrected chi connectivity index (χ4v) is 7.59. The minimum absolute atomic E-state index is 0.0475.